The maximum absolute atomic E-state index is 16.1. The van der Waals surface area contributed by atoms with Crippen LogP contribution in [0.1, 0.15) is 45.8 Å². The SMILES string of the molecule is COC(=O)C(C)N(OC[C@H]1O[C@@H](n2cnc3c(NC4CCCC4)nc(N)nc32)[C@](C)(F)[C@@H]1O)[PH](=O)Oc1ccccc1. The molecule has 16 heteroatoms. The number of alkyl halides is 1. The molecular formula is C26H35FN7O7P. The Morgan fingerprint density at radius 3 is 2.74 bits per heavy atom. The Bertz CT molecular complexity index is 1420. The number of carbonyl (C=O) groups is 1. The second-order valence-corrected chi connectivity index (χ2v) is 11.7. The van der Waals surface area contributed by atoms with Gasteiger partial charge in [0.15, 0.2) is 28.9 Å². The average molecular weight is 608 g/mol. The fourth-order valence-corrected chi connectivity index (χ4v) is 6.23. The fraction of sp³-hybridized carbons (Fsp3) is 0.538. The minimum Gasteiger partial charge on any atom is -0.468 e. The number of hydroxylamine groups is 1. The van der Waals surface area contributed by atoms with Gasteiger partial charge in [0.1, 0.15) is 24.0 Å². The number of esters is 1. The van der Waals surface area contributed by atoms with Crippen molar-refractivity contribution in [3.63, 3.8) is 0 Å². The average Bonchev–Trinajstić information content (AvgIpc) is 3.68. The summed E-state index contributed by atoms with van der Waals surface area (Å²) in [4.78, 5) is 31.8. The third-order valence-electron chi connectivity index (χ3n) is 7.50. The summed E-state index contributed by atoms with van der Waals surface area (Å²) in [5.41, 5.74) is 4.28. The normalized spacial score (nSPS) is 26.0. The summed E-state index contributed by atoms with van der Waals surface area (Å²) in [6, 6.07) is 7.39. The highest BCUT2D eigenvalue weighted by molar-refractivity contribution is 7.36. The zero-order chi connectivity index (χ0) is 30.0. The molecule has 4 N–H and O–H groups in total. The Morgan fingerprint density at radius 1 is 1.33 bits per heavy atom. The molecule has 0 amide bonds. The number of nitrogens with one attached hydrogen (secondary N) is 1. The fourth-order valence-electron chi connectivity index (χ4n) is 5.20. The van der Waals surface area contributed by atoms with E-state index in [4.69, 9.17) is 24.6 Å². The van der Waals surface area contributed by atoms with Crippen molar-refractivity contribution in [3.8, 4) is 5.75 Å². The Labute approximate surface area is 242 Å². The predicted molar refractivity (Wildman–Crippen MR) is 150 cm³/mol. The van der Waals surface area contributed by atoms with Gasteiger partial charge in [-0.2, -0.15) is 9.97 Å². The number of halogens is 1. The van der Waals surface area contributed by atoms with E-state index in [9.17, 15) is 14.5 Å². The lowest BCUT2D eigenvalue weighted by Gasteiger charge is -2.27. The van der Waals surface area contributed by atoms with Crippen LogP contribution in [0.15, 0.2) is 36.7 Å². The number of aromatic nitrogens is 4. The number of methoxy groups -OCH3 is 1. The highest BCUT2D eigenvalue weighted by atomic mass is 31.1. The van der Waals surface area contributed by atoms with Gasteiger partial charge < -0.3 is 30.2 Å². The molecule has 2 aromatic heterocycles. The molecule has 2 unspecified atom stereocenters. The van der Waals surface area contributed by atoms with Crippen LogP contribution < -0.4 is 15.6 Å². The van der Waals surface area contributed by atoms with Gasteiger partial charge in [-0.25, -0.2) is 9.37 Å². The van der Waals surface area contributed by atoms with E-state index in [2.05, 4.69) is 20.3 Å². The van der Waals surface area contributed by atoms with Gasteiger partial charge in [0.25, 0.3) is 0 Å². The third-order valence-corrected chi connectivity index (χ3v) is 8.79. The molecule has 5 rings (SSSR count). The molecule has 3 aromatic rings. The summed E-state index contributed by atoms with van der Waals surface area (Å²) >= 11 is 0. The third kappa shape index (κ3) is 6.06. The maximum Gasteiger partial charge on any atom is 0.331 e. The highest BCUT2D eigenvalue weighted by Crippen LogP contribution is 2.43. The van der Waals surface area contributed by atoms with Gasteiger partial charge >= 0.3 is 14.1 Å². The molecular weight excluding hydrogens is 572 g/mol. The molecule has 42 heavy (non-hydrogen) atoms. The molecule has 14 nitrogen and oxygen atoms in total. The first-order valence-corrected chi connectivity index (χ1v) is 14.9. The van der Waals surface area contributed by atoms with Crippen LogP contribution in [0.3, 0.4) is 0 Å². The number of nitrogen functional groups attached to an aromatic ring is 1. The van der Waals surface area contributed by atoms with Crippen LogP contribution >= 0.6 is 8.18 Å². The van der Waals surface area contributed by atoms with Crippen molar-refractivity contribution in [1.29, 1.82) is 0 Å². The van der Waals surface area contributed by atoms with Crippen LogP contribution in [-0.4, -0.2) is 79.1 Å². The molecule has 0 spiro atoms. The van der Waals surface area contributed by atoms with E-state index in [1.807, 2.05) is 0 Å². The van der Waals surface area contributed by atoms with Crippen molar-refractivity contribution >= 4 is 37.1 Å². The number of hydrogen-bond donors (Lipinski definition) is 3. The number of rotatable bonds is 11. The van der Waals surface area contributed by atoms with Gasteiger partial charge in [0.05, 0.1) is 20.0 Å². The van der Waals surface area contributed by atoms with E-state index < -0.39 is 50.9 Å². The maximum atomic E-state index is 16.1. The number of ether oxygens (including phenoxy) is 2. The van der Waals surface area contributed by atoms with Crippen LogP contribution in [0.25, 0.3) is 11.2 Å². The molecule has 1 saturated carbocycles. The number of fused-ring (bicyclic) bond motifs is 1. The monoisotopic (exact) mass is 607 g/mol. The summed E-state index contributed by atoms with van der Waals surface area (Å²) < 4.78 is 46.8. The van der Waals surface area contributed by atoms with Crippen molar-refractivity contribution < 1.29 is 37.7 Å². The Morgan fingerprint density at radius 2 is 2.05 bits per heavy atom. The lowest BCUT2D eigenvalue weighted by molar-refractivity contribution is -0.179. The van der Waals surface area contributed by atoms with Crippen molar-refractivity contribution in [2.75, 3.05) is 24.8 Å². The van der Waals surface area contributed by atoms with Crippen molar-refractivity contribution in [2.24, 2.45) is 0 Å². The summed E-state index contributed by atoms with van der Waals surface area (Å²) in [6.45, 7) is 2.13. The summed E-state index contributed by atoms with van der Waals surface area (Å²) in [7, 11) is -2.02. The van der Waals surface area contributed by atoms with Crippen LogP contribution in [0.2, 0.25) is 0 Å². The Hall–Kier alpha value is -3.36. The lowest BCUT2D eigenvalue weighted by Crippen LogP contribution is -2.42. The number of aliphatic hydroxyl groups excluding tert-OH is 1. The van der Waals surface area contributed by atoms with E-state index in [1.165, 1.54) is 31.9 Å². The van der Waals surface area contributed by atoms with Gasteiger partial charge in [0.2, 0.25) is 5.95 Å². The summed E-state index contributed by atoms with van der Waals surface area (Å²) in [5.74, 6) is -0.0382. The van der Waals surface area contributed by atoms with Gasteiger partial charge in [-0.1, -0.05) is 35.9 Å². The number of hydrogen-bond acceptors (Lipinski definition) is 12. The Balaban J connectivity index is 1.35. The number of nitrogens with two attached hydrogens (primary N) is 1. The van der Waals surface area contributed by atoms with Crippen molar-refractivity contribution in [3.05, 3.63) is 36.7 Å². The van der Waals surface area contributed by atoms with Gasteiger partial charge in [-0.05, 0) is 38.8 Å². The Kier molecular flexibility index (Phi) is 8.94. The lowest BCUT2D eigenvalue weighted by atomic mass is 9.98. The highest BCUT2D eigenvalue weighted by Gasteiger charge is 2.56. The van der Waals surface area contributed by atoms with E-state index in [0.29, 0.717) is 11.3 Å². The standard InChI is InChI=1S/C26H35FN7O7P/c1-15(23(36)38-3)34(42(37)41-17-11-5-4-6-12-17)39-13-18-20(35)26(2,27)24(40-18)33-14-29-19-21(30-16-9-7-8-10-16)31-25(28)32-22(19)33/h4-6,11-12,14-16,18,20,24,35,42H,7-10,13H2,1-3H3,(H3,28,30,31,32)/t15?,18-,20-,24-,26-/m1/s1. The zero-order valence-corrected chi connectivity index (χ0v) is 24.5. The minimum absolute atomic E-state index is 0.0280. The van der Waals surface area contributed by atoms with E-state index >= 15 is 4.39 Å². The molecule has 228 valence electrons. The minimum atomic E-state index is -3.20. The first-order chi connectivity index (χ1) is 20.1. The topological polar surface area (TPSA) is 176 Å². The molecule has 6 atom stereocenters. The number of imidazole rings is 1. The molecule has 1 aliphatic heterocycles. The molecule has 1 aliphatic carbocycles. The number of carbonyl (C=O) groups excluding carboxylic acids is 1. The van der Waals surface area contributed by atoms with Crippen LogP contribution in [0, 0.1) is 0 Å². The number of benzene rings is 1. The summed E-state index contributed by atoms with van der Waals surface area (Å²) in [6.07, 6.45) is 1.26. The van der Waals surface area contributed by atoms with Gasteiger partial charge in [-0.3, -0.25) is 18.8 Å². The molecule has 1 aromatic carbocycles. The van der Waals surface area contributed by atoms with Gasteiger partial charge in [-0.15, -0.1) is 0 Å². The summed E-state index contributed by atoms with van der Waals surface area (Å²) in [5, 5.41) is 14.3. The van der Waals surface area contributed by atoms with E-state index in [0.717, 1.165) is 30.5 Å². The molecule has 2 aliphatic rings. The number of para-hydroxylation sites is 1. The molecule has 3 heterocycles. The predicted octanol–water partition coefficient (Wildman–Crippen LogP) is 3.01. The van der Waals surface area contributed by atoms with Crippen LogP contribution in [0.4, 0.5) is 16.2 Å². The second-order valence-electron chi connectivity index (χ2n) is 10.5. The zero-order valence-electron chi connectivity index (χ0n) is 23.5. The number of aliphatic hydroxyl groups is 1. The molecule has 1 saturated heterocycles. The van der Waals surface area contributed by atoms with Crippen LogP contribution in [0.5, 0.6) is 5.75 Å². The first kappa shape index (κ1) is 30.1. The van der Waals surface area contributed by atoms with Gasteiger partial charge in [0, 0.05) is 6.04 Å². The molecule has 0 radical (unpaired) electrons. The smallest absolute Gasteiger partial charge is 0.331 e. The van der Waals surface area contributed by atoms with E-state index in [1.54, 1.807) is 30.3 Å². The van der Waals surface area contributed by atoms with Crippen molar-refractivity contribution in [1.82, 2.24) is 24.4 Å². The first-order valence-electron chi connectivity index (χ1n) is 13.7. The largest absolute Gasteiger partial charge is 0.468 e. The van der Waals surface area contributed by atoms with E-state index in [-0.39, 0.29) is 23.4 Å². The number of nitrogens with zero attached hydrogens (tertiary/aromatic N) is 5. The van der Waals surface area contributed by atoms with Crippen molar-refractivity contribution in [2.45, 2.75) is 75.7 Å². The molecule has 0 bridgehead atoms. The number of anilines is 2. The quantitative estimate of drug-likeness (QED) is 0.165. The molecule has 2 fully saturated rings. The second kappa shape index (κ2) is 12.5. The van der Waals surface area contributed by atoms with Crippen LogP contribution in [-0.2, 0) is 23.7 Å².